The van der Waals surface area contributed by atoms with Crippen LogP contribution in [0.4, 0.5) is 5.69 Å². The van der Waals surface area contributed by atoms with E-state index in [1.807, 2.05) is 37.3 Å². The van der Waals surface area contributed by atoms with Crippen molar-refractivity contribution in [3.05, 3.63) is 59.7 Å². The van der Waals surface area contributed by atoms with Gasteiger partial charge in [-0.05, 0) is 42.3 Å². The number of ether oxygens (including phenoxy) is 2. The van der Waals surface area contributed by atoms with Crippen molar-refractivity contribution in [1.29, 1.82) is 0 Å². The van der Waals surface area contributed by atoms with Gasteiger partial charge in [0, 0.05) is 0 Å². The molecule has 1 amide bonds. The van der Waals surface area contributed by atoms with E-state index in [1.165, 1.54) is 12.1 Å². The lowest BCUT2D eigenvalue weighted by Crippen LogP contribution is -2.21. The zero-order chi connectivity index (χ0) is 20.8. The summed E-state index contributed by atoms with van der Waals surface area (Å²) in [4.78, 5) is 23.7. The minimum absolute atomic E-state index is 0.190. The second kappa shape index (κ2) is 9.05. The van der Waals surface area contributed by atoms with Gasteiger partial charge in [-0.25, -0.2) is 4.79 Å². The fourth-order valence-electron chi connectivity index (χ4n) is 2.97. The first-order valence-electron chi connectivity index (χ1n) is 9.25. The number of carboxylic acids is 1. The molecule has 3 rings (SSSR count). The molecular weight excluding hydrogens is 372 g/mol. The fraction of sp³-hybridized carbons (Fsp3) is 0.227. The average Bonchev–Trinajstić information content (AvgIpc) is 3.03. The number of nitrogens with zero attached hydrogens (tertiary/aromatic N) is 2. The molecule has 0 atom stereocenters. The number of hydrazone groups is 1. The number of methoxy groups -OCH3 is 1. The van der Waals surface area contributed by atoms with E-state index < -0.39 is 12.6 Å². The van der Waals surface area contributed by atoms with Crippen molar-refractivity contribution in [3.8, 4) is 11.5 Å². The number of carbonyl (C=O) groups excluding carboxylic acids is 1. The zero-order valence-electron chi connectivity index (χ0n) is 16.3. The Morgan fingerprint density at radius 1 is 1.17 bits per heavy atom. The number of benzene rings is 2. The molecule has 0 bridgehead atoms. The maximum Gasteiger partial charge on any atom is 0.341 e. The highest BCUT2D eigenvalue weighted by molar-refractivity contribution is 6.32. The van der Waals surface area contributed by atoms with Crippen molar-refractivity contribution in [2.75, 3.05) is 18.7 Å². The third-order valence-electron chi connectivity index (χ3n) is 4.29. The summed E-state index contributed by atoms with van der Waals surface area (Å²) in [6.07, 6.45) is 3.30. The highest BCUT2D eigenvalue weighted by Gasteiger charge is 2.30. The number of hydrogen-bond acceptors (Lipinski definition) is 5. The SMILES string of the molecule is CCCC1=NN(c2ccccc2)C(=O)C1=Cc1ccc(OCC(=O)O)c(OC)c1. The van der Waals surface area contributed by atoms with Gasteiger partial charge in [0.25, 0.3) is 5.91 Å². The fourth-order valence-corrected chi connectivity index (χ4v) is 2.97. The van der Waals surface area contributed by atoms with Crippen LogP contribution in [0, 0.1) is 0 Å². The normalized spacial score (nSPS) is 14.8. The first-order chi connectivity index (χ1) is 14.0. The first-order valence-corrected chi connectivity index (χ1v) is 9.25. The van der Waals surface area contributed by atoms with Crippen molar-refractivity contribution in [1.82, 2.24) is 0 Å². The number of carbonyl (C=O) groups is 2. The molecule has 1 aliphatic heterocycles. The summed E-state index contributed by atoms with van der Waals surface area (Å²) in [6.45, 7) is 1.57. The molecular formula is C22H22N2O5. The lowest BCUT2D eigenvalue weighted by atomic mass is 10.0. The summed E-state index contributed by atoms with van der Waals surface area (Å²) in [5, 5.41) is 14.7. The minimum Gasteiger partial charge on any atom is -0.493 e. The van der Waals surface area contributed by atoms with Crippen molar-refractivity contribution >= 4 is 29.4 Å². The van der Waals surface area contributed by atoms with Crippen molar-refractivity contribution in [2.24, 2.45) is 5.10 Å². The van der Waals surface area contributed by atoms with Crippen LogP contribution in [0.25, 0.3) is 6.08 Å². The average molecular weight is 394 g/mol. The molecule has 2 aromatic carbocycles. The predicted molar refractivity (Wildman–Crippen MR) is 110 cm³/mol. The number of rotatable bonds is 8. The number of aliphatic carboxylic acids is 1. The van der Waals surface area contributed by atoms with E-state index in [0.29, 0.717) is 29.2 Å². The molecule has 0 fully saturated rings. The Labute approximate surface area is 168 Å². The summed E-state index contributed by atoms with van der Waals surface area (Å²) in [5.41, 5.74) is 2.69. The Kier molecular flexibility index (Phi) is 6.29. The molecule has 0 unspecified atom stereocenters. The van der Waals surface area contributed by atoms with Crippen LogP contribution in [0.3, 0.4) is 0 Å². The number of para-hydroxylation sites is 1. The molecule has 0 radical (unpaired) electrons. The van der Waals surface area contributed by atoms with Gasteiger partial charge >= 0.3 is 5.97 Å². The summed E-state index contributed by atoms with van der Waals surface area (Å²) in [6, 6.07) is 14.4. The molecule has 7 heteroatoms. The smallest absolute Gasteiger partial charge is 0.341 e. The molecule has 7 nitrogen and oxygen atoms in total. The maximum absolute atomic E-state index is 13.0. The molecule has 0 saturated heterocycles. The number of carboxylic acid groups (broad SMARTS) is 1. The van der Waals surface area contributed by atoms with Gasteiger partial charge in [-0.2, -0.15) is 10.1 Å². The topological polar surface area (TPSA) is 88.4 Å². The zero-order valence-corrected chi connectivity index (χ0v) is 16.3. The van der Waals surface area contributed by atoms with E-state index in [0.717, 1.165) is 17.7 Å². The van der Waals surface area contributed by atoms with Crippen molar-refractivity contribution < 1.29 is 24.2 Å². The summed E-state index contributed by atoms with van der Waals surface area (Å²) < 4.78 is 10.5. The quantitative estimate of drug-likeness (QED) is 0.689. The Morgan fingerprint density at radius 3 is 2.59 bits per heavy atom. The molecule has 0 aliphatic carbocycles. The van der Waals surface area contributed by atoms with Crippen LogP contribution in [0.2, 0.25) is 0 Å². The maximum atomic E-state index is 13.0. The van der Waals surface area contributed by atoms with Gasteiger partial charge in [0.1, 0.15) is 0 Å². The van der Waals surface area contributed by atoms with E-state index >= 15 is 0 Å². The third kappa shape index (κ3) is 4.63. The number of anilines is 1. The van der Waals surface area contributed by atoms with Gasteiger partial charge in [-0.15, -0.1) is 0 Å². The molecule has 29 heavy (non-hydrogen) atoms. The molecule has 1 aliphatic rings. The van der Waals surface area contributed by atoms with E-state index in [2.05, 4.69) is 5.10 Å². The van der Waals surface area contributed by atoms with Gasteiger partial charge in [-0.1, -0.05) is 37.6 Å². The van der Waals surface area contributed by atoms with Crippen LogP contribution in [0.15, 0.2) is 59.2 Å². The Balaban J connectivity index is 1.92. The highest BCUT2D eigenvalue weighted by Crippen LogP contribution is 2.31. The van der Waals surface area contributed by atoms with Gasteiger partial charge in [0.2, 0.25) is 0 Å². The second-order valence-corrected chi connectivity index (χ2v) is 6.40. The number of amides is 1. The van der Waals surface area contributed by atoms with Crippen LogP contribution >= 0.6 is 0 Å². The van der Waals surface area contributed by atoms with Crippen LogP contribution in [0.5, 0.6) is 11.5 Å². The minimum atomic E-state index is -1.07. The monoisotopic (exact) mass is 394 g/mol. The lowest BCUT2D eigenvalue weighted by molar-refractivity contribution is -0.139. The lowest BCUT2D eigenvalue weighted by Gasteiger charge is -2.11. The Morgan fingerprint density at radius 2 is 1.93 bits per heavy atom. The van der Waals surface area contributed by atoms with Gasteiger partial charge < -0.3 is 14.6 Å². The second-order valence-electron chi connectivity index (χ2n) is 6.40. The van der Waals surface area contributed by atoms with Gasteiger partial charge in [0.15, 0.2) is 18.1 Å². The van der Waals surface area contributed by atoms with Gasteiger partial charge in [-0.3, -0.25) is 4.79 Å². The third-order valence-corrected chi connectivity index (χ3v) is 4.29. The van der Waals surface area contributed by atoms with Crippen LogP contribution in [-0.4, -0.2) is 36.4 Å². The van der Waals surface area contributed by atoms with E-state index in [-0.39, 0.29) is 5.91 Å². The van der Waals surface area contributed by atoms with Crippen LogP contribution < -0.4 is 14.5 Å². The molecule has 150 valence electrons. The molecule has 1 heterocycles. The summed E-state index contributed by atoms with van der Waals surface area (Å²) in [7, 11) is 1.47. The molecule has 1 N–H and O–H groups in total. The molecule has 0 spiro atoms. The van der Waals surface area contributed by atoms with Gasteiger partial charge in [0.05, 0.1) is 24.1 Å². The highest BCUT2D eigenvalue weighted by atomic mass is 16.5. The van der Waals surface area contributed by atoms with Crippen LogP contribution in [0.1, 0.15) is 25.3 Å². The number of hydrogen-bond donors (Lipinski definition) is 1. The van der Waals surface area contributed by atoms with E-state index in [4.69, 9.17) is 14.6 Å². The van der Waals surface area contributed by atoms with Crippen molar-refractivity contribution in [3.63, 3.8) is 0 Å². The standard InChI is InChI=1S/C22H22N2O5/c1-3-7-18-17(22(27)24(23-18)16-8-5-4-6-9-16)12-15-10-11-19(20(13-15)28-2)29-14-21(25)26/h4-6,8-13H,3,7,14H2,1-2H3,(H,25,26). The molecule has 0 aromatic heterocycles. The van der Waals surface area contributed by atoms with E-state index in [1.54, 1.807) is 24.3 Å². The van der Waals surface area contributed by atoms with Crippen LogP contribution in [-0.2, 0) is 9.59 Å². The molecule has 0 saturated carbocycles. The Hall–Kier alpha value is -3.61. The van der Waals surface area contributed by atoms with Crippen molar-refractivity contribution in [2.45, 2.75) is 19.8 Å². The predicted octanol–water partition coefficient (Wildman–Crippen LogP) is 3.74. The summed E-state index contributed by atoms with van der Waals surface area (Å²) >= 11 is 0. The molecule has 2 aromatic rings. The first kappa shape index (κ1) is 20.1. The van der Waals surface area contributed by atoms with E-state index in [9.17, 15) is 9.59 Å². The Bertz CT molecular complexity index is 966. The largest absolute Gasteiger partial charge is 0.493 e. The summed E-state index contributed by atoms with van der Waals surface area (Å²) in [5.74, 6) is -0.552.